The van der Waals surface area contributed by atoms with Gasteiger partial charge in [-0.15, -0.1) is 11.3 Å². The minimum Gasteiger partial charge on any atom is -0.324 e. The van der Waals surface area contributed by atoms with Crippen LogP contribution in [0.5, 0.6) is 0 Å². The van der Waals surface area contributed by atoms with Crippen molar-refractivity contribution in [1.82, 2.24) is 9.38 Å². The van der Waals surface area contributed by atoms with Crippen LogP contribution in [0, 0.1) is 11.6 Å². The van der Waals surface area contributed by atoms with E-state index in [4.69, 9.17) is 11.6 Å². The van der Waals surface area contributed by atoms with Gasteiger partial charge >= 0.3 is 0 Å². The second-order valence-corrected chi connectivity index (χ2v) is 6.39. The van der Waals surface area contributed by atoms with Gasteiger partial charge in [-0.2, -0.15) is 0 Å². The van der Waals surface area contributed by atoms with Crippen LogP contribution in [0.15, 0.2) is 29.8 Å². The smallest absolute Gasteiger partial charge is 0.248 e. The number of thiazole rings is 1. The number of halogens is 3. The van der Waals surface area contributed by atoms with E-state index in [1.165, 1.54) is 24.3 Å². The predicted octanol–water partition coefficient (Wildman–Crippen LogP) is 3.94. The molecule has 10 heteroatoms. The predicted molar refractivity (Wildman–Crippen MR) is 96.4 cm³/mol. The molecule has 0 unspecified atom stereocenters. The van der Waals surface area contributed by atoms with Crippen LogP contribution in [-0.2, 0) is 9.59 Å². The number of nitrogens with one attached hydrogen (secondary N) is 2. The minimum absolute atomic E-state index is 0.224. The Balaban J connectivity index is 1.80. The Bertz CT molecular complexity index is 1040. The normalized spacial score (nSPS) is 11.2. The zero-order valence-electron chi connectivity index (χ0n) is 13.2. The molecule has 0 saturated carbocycles. The lowest BCUT2D eigenvalue weighted by molar-refractivity contribution is -0.114. The number of imidazole rings is 1. The second-order valence-electron chi connectivity index (χ2n) is 5.16. The van der Waals surface area contributed by atoms with Crippen molar-refractivity contribution in [2.24, 2.45) is 0 Å². The highest BCUT2D eigenvalue weighted by molar-refractivity contribution is 7.15. The first-order valence-corrected chi connectivity index (χ1v) is 8.47. The first-order chi connectivity index (χ1) is 12.3. The van der Waals surface area contributed by atoms with Gasteiger partial charge in [-0.25, -0.2) is 13.8 Å². The monoisotopic (exact) mass is 396 g/mol. The molecular formula is C16H11ClF2N4O2S. The molecule has 2 heterocycles. The first-order valence-electron chi connectivity index (χ1n) is 7.22. The molecule has 6 nitrogen and oxygen atoms in total. The Morgan fingerprint density at radius 3 is 2.62 bits per heavy atom. The van der Waals surface area contributed by atoms with Gasteiger partial charge in [0.25, 0.3) is 0 Å². The molecule has 0 spiro atoms. The Hall–Kier alpha value is -2.78. The summed E-state index contributed by atoms with van der Waals surface area (Å²) in [5.74, 6) is -3.11. The lowest BCUT2D eigenvalue weighted by Crippen LogP contribution is -2.12. The number of carbonyl (C=O) groups is 2. The number of fused-ring (bicyclic) bond motifs is 1. The van der Waals surface area contributed by atoms with Gasteiger partial charge in [0, 0.05) is 30.6 Å². The van der Waals surface area contributed by atoms with E-state index in [2.05, 4.69) is 15.6 Å². The van der Waals surface area contributed by atoms with Gasteiger partial charge in [-0.3, -0.25) is 14.0 Å². The van der Waals surface area contributed by atoms with E-state index >= 15 is 0 Å². The van der Waals surface area contributed by atoms with Crippen LogP contribution in [0.2, 0.25) is 5.15 Å². The number of benzene rings is 1. The third kappa shape index (κ3) is 3.73. The molecule has 134 valence electrons. The number of hydrogen-bond acceptors (Lipinski definition) is 4. The summed E-state index contributed by atoms with van der Waals surface area (Å²) in [6, 6.07) is 1.58. The Labute approximate surface area is 155 Å². The molecule has 0 saturated heterocycles. The lowest BCUT2D eigenvalue weighted by atomic mass is 10.2. The van der Waals surface area contributed by atoms with Gasteiger partial charge in [0.05, 0.1) is 17.1 Å². The highest BCUT2D eigenvalue weighted by atomic mass is 35.5. The van der Waals surface area contributed by atoms with Gasteiger partial charge in [0.2, 0.25) is 11.8 Å². The molecule has 0 atom stereocenters. The fourth-order valence-electron chi connectivity index (χ4n) is 2.19. The van der Waals surface area contributed by atoms with E-state index in [9.17, 15) is 18.4 Å². The van der Waals surface area contributed by atoms with Crippen molar-refractivity contribution in [3.63, 3.8) is 0 Å². The highest BCUT2D eigenvalue weighted by Crippen LogP contribution is 2.24. The number of amides is 2. The second kappa shape index (κ2) is 7.22. The average molecular weight is 397 g/mol. The molecule has 26 heavy (non-hydrogen) atoms. The zero-order chi connectivity index (χ0) is 18.8. The van der Waals surface area contributed by atoms with Crippen LogP contribution in [0.4, 0.5) is 20.2 Å². The van der Waals surface area contributed by atoms with Gasteiger partial charge in [0.15, 0.2) is 10.1 Å². The fraction of sp³-hybridized carbons (Fsp3) is 0.0625. The third-order valence-electron chi connectivity index (χ3n) is 3.27. The molecular weight excluding hydrogens is 386 g/mol. The first kappa shape index (κ1) is 18.0. The summed E-state index contributed by atoms with van der Waals surface area (Å²) in [7, 11) is 0. The number of aromatic nitrogens is 2. The van der Waals surface area contributed by atoms with Crippen LogP contribution >= 0.6 is 22.9 Å². The highest BCUT2D eigenvalue weighted by Gasteiger charge is 2.13. The Kier molecular flexibility index (Phi) is 5.01. The maximum Gasteiger partial charge on any atom is 0.248 e. The van der Waals surface area contributed by atoms with Crippen molar-refractivity contribution < 1.29 is 18.4 Å². The van der Waals surface area contributed by atoms with Crippen molar-refractivity contribution >= 4 is 57.2 Å². The molecule has 0 radical (unpaired) electrons. The van der Waals surface area contributed by atoms with Crippen molar-refractivity contribution in [2.45, 2.75) is 6.92 Å². The van der Waals surface area contributed by atoms with E-state index in [0.29, 0.717) is 16.7 Å². The van der Waals surface area contributed by atoms with Crippen LogP contribution in [0.1, 0.15) is 12.6 Å². The van der Waals surface area contributed by atoms with E-state index in [-0.39, 0.29) is 16.5 Å². The average Bonchev–Trinajstić information content (AvgIpc) is 3.10. The SMILES string of the molecule is CC(=O)Nc1cc(NC(=O)/C=C/c2c(Cl)nc3sccn23)c(F)cc1F. The molecule has 3 aromatic rings. The molecule has 2 aromatic heterocycles. The zero-order valence-corrected chi connectivity index (χ0v) is 14.8. The summed E-state index contributed by atoms with van der Waals surface area (Å²) < 4.78 is 29.2. The molecule has 0 aliphatic rings. The number of carbonyl (C=O) groups excluding carboxylic acids is 2. The molecule has 0 aliphatic heterocycles. The van der Waals surface area contributed by atoms with Crippen molar-refractivity contribution in [1.29, 1.82) is 0 Å². The number of anilines is 2. The van der Waals surface area contributed by atoms with E-state index in [0.717, 1.165) is 12.1 Å². The summed E-state index contributed by atoms with van der Waals surface area (Å²) in [5.41, 5.74) is -0.0153. The van der Waals surface area contributed by atoms with Crippen LogP contribution < -0.4 is 10.6 Å². The Morgan fingerprint density at radius 2 is 1.92 bits per heavy atom. The standard InChI is InChI=1S/C16H11ClF2N4O2S/c1-8(24)20-11-7-12(10(19)6-9(11)18)21-14(25)3-2-13-15(17)22-16-23(13)4-5-26-16/h2-7H,1H3,(H,20,24)(H,21,25)/b3-2+. The van der Waals surface area contributed by atoms with Crippen molar-refractivity contribution in [3.05, 3.63) is 52.3 Å². The maximum atomic E-state index is 13.8. The fourth-order valence-corrected chi connectivity index (χ4v) is 3.19. The third-order valence-corrected chi connectivity index (χ3v) is 4.31. The summed E-state index contributed by atoms with van der Waals surface area (Å²) in [6.45, 7) is 1.18. The summed E-state index contributed by atoms with van der Waals surface area (Å²) >= 11 is 7.40. The Morgan fingerprint density at radius 1 is 1.23 bits per heavy atom. The topological polar surface area (TPSA) is 75.5 Å². The van der Waals surface area contributed by atoms with Gasteiger partial charge in [-0.1, -0.05) is 11.6 Å². The molecule has 0 fully saturated rings. The summed E-state index contributed by atoms with van der Waals surface area (Å²) in [4.78, 5) is 27.9. The van der Waals surface area contributed by atoms with E-state index in [1.54, 1.807) is 10.6 Å². The number of rotatable bonds is 4. The molecule has 2 amide bonds. The van der Waals surface area contributed by atoms with Crippen molar-refractivity contribution in [3.8, 4) is 0 Å². The van der Waals surface area contributed by atoms with Gasteiger partial charge in [0.1, 0.15) is 11.6 Å². The van der Waals surface area contributed by atoms with Crippen LogP contribution in [-0.4, -0.2) is 21.2 Å². The number of hydrogen-bond donors (Lipinski definition) is 2. The number of nitrogens with zero attached hydrogens (tertiary/aromatic N) is 2. The van der Waals surface area contributed by atoms with Crippen molar-refractivity contribution in [2.75, 3.05) is 10.6 Å². The summed E-state index contributed by atoms with van der Waals surface area (Å²) in [5, 5.41) is 6.54. The maximum absolute atomic E-state index is 13.8. The minimum atomic E-state index is -0.971. The van der Waals surface area contributed by atoms with Crippen LogP contribution in [0.25, 0.3) is 11.0 Å². The van der Waals surface area contributed by atoms with Crippen LogP contribution in [0.3, 0.4) is 0 Å². The molecule has 2 N–H and O–H groups in total. The molecule has 0 bridgehead atoms. The quantitative estimate of drug-likeness (QED) is 0.656. The van der Waals surface area contributed by atoms with E-state index in [1.807, 2.05) is 5.38 Å². The molecule has 1 aromatic carbocycles. The molecule has 0 aliphatic carbocycles. The van der Waals surface area contributed by atoms with Gasteiger partial charge in [-0.05, 0) is 12.1 Å². The summed E-state index contributed by atoms with van der Waals surface area (Å²) in [6.07, 6.45) is 4.32. The van der Waals surface area contributed by atoms with Gasteiger partial charge < -0.3 is 10.6 Å². The molecule has 3 rings (SSSR count). The van der Waals surface area contributed by atoms with E-state index < -0.39 is 23.4 Å². The largest absolute Gasteiger partial charge is 0.324 e. The lowest BCUT2D eigenvalue weighted by Gasteiger charge is -2.09.